The van der Waals surface area contributed by atoms with Gasteiger partial charge in [-0.15, -0.1) is 0 Å². The number of aromatic nitrogens is 1. The number of carboxylic acids is 1. The number of ether oxygens (including phenoxy) is 1. The third-order valence-electron chi connectivity index (χ3n) is 7.61. The van der Waals surface area contributed by atoms with Crippen molar-refractivity contribution < 1.29 is 19.0 Å². The zero-order chi connectivity index (χ0) is 23.5. The van der Waals surface area contributed by atoms with Crippen LogP contribution in [0.25, 0.3) is 10.9 Å². The maximum absolute atomic E-state index is 15.4. The SMILES string of the molecule is COc1c(N2CC(C3(N(C)CCC#N)CC3)C2)c(F)cc2c(=O)c(C(=O)O)cn(C3CC3)c12. The number of pyridine rings is 1. The molecule has 1 aromatic heterocycles. The van der Waals surface area contributed by atoms with Crippen LogP contribution in [-0.4, -0.2) is 59.9 Å². The molecule has 1 saturated heterocycles. The maximum Gasteiger partial charge on any atom is 0.341 e. The van der Waals surface area contributed by atoms with E-state index in [9.17, 15) is 14.7 Å². The van der Waals surface area contributed by atoms with Crippen molar-refractivity contribution >= 4 is 22.6 Å². The molecule has 0 spiro atoms. The third kappa shape index (κ3) is 3.35. The van der Waals surface area contributed by atoms with Gasteiger partial charge in [-0.1, -0.05) is 0 Å². The van der Waals surface area contributed by atoms with Crippen LogP contribution in [0.5, 0.6) is 5.75 Å². The van der Waals surface area contributed by atoms with Crippen molar-refractivity contribution in [2.75, 3.05) is 38.7 Å². The molecule has 33 heavy (non-hydrogen) atoms. The lowest BCUT2D eigenvalue weighted by Crippen LogP contribution is -2.58. The van der Waals surface area contributed by atoms with E-state index in [4.69, 9.17) is 10.00 Å². The Morgan fingerprint density at radius 2 is 2.09 bits per heavy atom. The Bertz CT molecular complexity index is 1240. The number of methoxy groups -OCH3 is 1. The van der Waals surface area contributed by atoms with Crippen molar-refractivity contribution in [3.63, 3.8) is 0 Å². The highest BCUT2D eigenvalue weighted by atomic mass is 19.1. The summed E-state index contributed by atoms with van der Waals surface area (Å²) in [7, 11) is 3.51. The van der Waals surface area contributed by atoms with Crippen LogP contribution in [0.15, 0.2) is 17.1 Å². The molecule has 3 fully saturated rings. The fraction of sp³-hybridized carbons (Fsp3) is 0.542. The number of carboxylic acid groups (broad SMARTS) is 1. The van der Waals surface area contributed by atoms with Crippen LogP contribution in [-0.2, 0) is 0 Å². The summed E-state index contributed by atoms with van der Waals surface area (Å²) in [6, 6.07) is 3.44. The first-order valence-corrected chi connectivity index (χ1v) is 11.3. The molecule has 0 amide bonds. The predicted molar refractivity (Wildman–Crippen MR) is 120 cm³/mol. The minimum atomic E-state index is -1.32. The molecule has 8 nitrogen and oxygen atoms in total. The van der Waals surface area contributed by atoms with Gasteiger partial charge in [0, 0.05) is 49.8 Å². The Labute approximate surface area is 190 Å². The Morgan fingerprint density at radius 1 is 1.39 bits per heavy atom. The van der Waals surface area contributed by atoms with Crippen molar-refractivity contribution in [3.05, 3.63) is 33.9 Å². The third-order valence-corrected chi connectivity index (χ3v) is 7.61. The van der Waals surface area contributed by atoms with E-state index in [1.54, 1.807) is 4.57 Å². The first-order valence-electron chi connectivity index (χ1n) is 11.3. The van der Waals surface area contributed by atoms with E-state index in [0.29, 0.717) is 36.6 Å². The Morgan fingerprint density at radius 3 is 2.64 bits per heavy atom. The van der Waals surface area contributed by atoms with Gasteiger partial charge in [0.25, 0.3) is 0 Å². The van der Waals surface area contributed by atoms with Crippen LogP contribution in [0.3, 0.4) is 0 Å². The number of anilines is 1. The largest absolute Gasteiger partial charge is 0.492 e. The maximum atomic E-state index is 15.4. The quantitative estimate of drug-likeness (QED) is 0.655. The monoisotopic (exact) mass is 454 g/mol. The minimum absolute atomic E-state index is 0.0341. The molecule has 9 heteroatoms. The predicted octanol–water partition coefficient (Wildman–Crippen LogP) is 3.00. The van der Waals surface area contributed by atoms with Gasteiger partial charge in [-0.05, 0) is 38.8 Å². The molecule has 2 heterocycles. The Balaban J connectivity index is 1.53. The lowest BCUT2D eigenvalue weighted by atomic mass is 9.87. The number of fused-ring (bicyclic) bond motifs is 1. The summed E-state index contributed by atoms with van der Waals surface area (Å²) in [4.78, 5) is 28.7. The Kier molecular flexibility index (Phi) is 5.09. The zero-order valence-corrected chi connectivity index (χ0v) is 18.8. The van der Waals surface area contributed by atoms with Crippen molar-refractivity contribution in [3.8, 4) is 11.8 Å². The second kappa shape index (κ2) is 7.73. The summed E-state index contributed by atoms with van der Waals surface area (Å²) >= 11 is 0. The fourth-order valence-corrected chi connectivity index (χ4v) is 5.40. The molecule has 174 valence electrons. The first kappa shape index (κ1) is 21.7. The molecule has 0 atom stereocenters. The number of aromatic carboxylic acids is 1. The number of hydrogen-bond acceptors (Lipinski definition) is 6. The van der Waals surface area contributed by atoms with Crippen molar-refractivity contribution in [1.29, 1.82) is 5.26 Å². The highest BCUT2D eigenvalue weighted by Gasteiger charge is 2.56. The molecule has 2 saturated carbocycles. The lowest BCUT2D eigenvalue weighted by Gasteiger charge is -2.48. The van der Waals surface area contributed by atoms with Gasteiger partial charge >= 0.3 is 5.97 Å². The van der Waals surface area contributed by atoms with Gasteiger partial charge in [0.15, 0.2) is 11.6 Å². The number of nitriles is 1. The molecule has 1 N–H and O–H groups in total. The van der Waals surface area contributed by atoms with Gasteiger partial charge in [0.05, 0.1) is 24.1 Å². The minimum Gasteiger partial charge on any atom is -0.492 e. The van der Waals surface area contributed by atoms with Crippen LogP contribution in [0.1, 0.15) is 48.5 Å². The standard InChI is InChI=1S/C24H27FN4O4/c1-27(9-3-8-26)24(6-7-24)14-11-28(12-14)20-18(25)10-16-19(22(20)33-2)29(15-4-5-15)13-17(21(16)30)23(31)32/h10,13-15H,3-7,9,11-12H2,1-2H3,(H,31,32). The summed E-state index contributed by atoms with van der Waals surface area (Å²) in [6.07, 6.45) is 5.75. The van der Waals surface area contributed by atoms with Gasteiger partial charge in [-0.25, -0.2) is 9.18 Å². The summed E-state index contributed by atoms with van der Waals surface area (Å²) in [5, 5.41) is 18.4. The zero-order valence-electron chi connectivity index (χ0n) is 18.8. The highest BCUT2D eigenvalue weighted by Crippen LogP contribution is 2.53. The summed E-state index contributed by atoms with van der Waals surface area (Å²) in [5.41, 5.74) is -0.199. The summed E-state index contributed by atoms with van der Waals surface area (Å²) < 4.78 is 22.8. The van der Waals surface area contributed by atoms with Crippen LogP contribution in [0, 0.1) is 23.1 Å². The number of nitrogens with zero attached hydrogens (tertiary/aromatic N) is 4. The molecule has 0 radical (unpaired) electrons. The summed E-state index contributed by atoms with van der Waals surface area (Å²) in [6.45, 7) is 2.05. The van der Waals surface area contributed by atoms with Gasteiger partial charge in [-0.2, -0.15) is 5.26 Å². The van der Waals surface area contributed by atoms with Crippen LogP contribution < -0.4 is 15.1 Å². The van der Waals surface area contributed by atoms with E-state index in [1.165, 1.54) is 19.4 Å². The van der Waals surface area contributed by atoms with Crippen LogP contribution in [0.4, 0.5) is 10.1 Å². The topological polar surface area (TPSA) is 98.8 Å². The Hall–Kier alpha value is -3.12. The molecule has 3 aliphatic rings. The molecular weight excluding hydrogens is 427 g/mol. The number of benzene rings is 1. The van der Waals surface area contributed by atoms with Crippen molar-refractivity contribution in [2.45, 2.75) is 43.7 Å². The lowest BCUT2D eigenvalue weighted by molar-refractivity contribution is 0.0695. The highest BCUT2D eigenvalue weighted by molar-refractivity contribution is 5.97. The van der Waals surface area contributed by atoms with E-state index >= 15 is 4.39 Å². The van der Waals surface area contributed by atoms with Crippen molar-refractivity contribution in [2.24, 2.45) is 5.92 Å². The van der Waals surface area contributed by atoms with E-state index in [-0.39, 0.29) is 28.3 Å². The molecule has 5 rings (SSSR count). The van der Waals surface area contributed by atoms with Crippen LogP contribution >= 0.6 is 0 Å². The number of carbonyl (C=O) groups is 1. The van der Waals surface area contributed by atoms with Gasteiger partial charge < -0.3 is 19.3 Å². The van der Waals surface area contributed by atoms with Gasteiger partial charge in [0.2, 0.25) is 5.43 Å². The normalized spacial score (nSPS) is 19.4. The number of hydrogen-bond donors (Lipinski definition) is 1. The van der Waals surface area contributed by atoms with Gasteiger partial charge in [-0.3, -0.25) is 9.69 Å². The van der Waals surface area contributed by atoms with Crippen molar-refractivity contribution in [1.82, 2.24) is 9.47 Å². The second-order valence-corrected chi connectivity index (χ2v) is 9.49. The number of halogens is 1. The van der Waals surface area contributed by atoms with Crippen LogP contribution in [0.2, 0.25) is 0 Å². The molecule has 0 unspecified atom stereocenters. The smallest absolute Gasteiger partial charge is 0.341 e. The molecule has 2 aromatic rings. The van der Waals surface area contributed by atoms with E-state index in [1.807, 2.05) is 4.90 Å². The fourth-order valence-electron chi connectivity index (χ4n) is 5.40. The van der Waals surface area contributed by atoms with E-state index in [2.05, 4.69) is 18.0 Å². The van der Waals surface area contributed by atoms with E-state index < -0.39 is 17.2 Å². The second-order valence-electron chi connectivity index (χ2n) is 9.49. The number of rotatable bonds is 8. The average molecular weight is 455 g/mol. The molecular formula is C24H27FN4O4. The average Bonchev–Trinajstić information content (AvgIpc) is 3.66. The molecule has 2 aliphatic carbocycles. The molecule has 1 aliphatic heterocycles. The van der Waals surface area contributed by atoms with E-state index in [0.717, 1.165) is 32.2 Å². The first-order chi connectivity index (χ1) is 15.8. The summed E-state index contributed by atoms with van der Waals surface area (Å²) in [5.74, 6) is -1.25. The molecule has 0 bridgehead atoms. The molecule has 1 aromatic carbocycles. The van der Waals surface area contributed by atoms with Gasteiger partial charge in [0.1, 0.15) is 11.3 Å².